The zero-order valence-electron chi connectivity index (χ0n) is 9.83. The van der Waals surface area contributed by atoms with E-state index < -0.39 is 0 Å². The molecule has 0 heterocycles. The van der Waals surface area contributed by atoms with Crippen LogP contribution >= 0.6 is 11.8 Å². The van der Waals surface area contributed by atoms with E-state index in [1.165, 1.54) is 0 Å². The van der Waals surface area contributed by atoms with Crippen LogP contribution in [0.3, 0.4) is 0 Å². The summed E-state index contributed by atoms with van der Waals surface area (Å²) >= 11 is 1.79. The first-order valence-electron chi connectivity index (χ1n) is 5.13. The van der Waals surface area contributed by atoms with Crippen molar-refractivity contribution in [2.75, 3.05) is 12.3 Å². The van der Waals surface area contributed by atoms with E-state index in [1.807, 2.05) is 25.1 Å². The highest BCUT2D eigenvalue weighted by Gasteiger charge is 2.13. The summed E-state index contributed by atoms with van der Waals surface area (Å²) in [7, 11) is 0. The van der Waals surface area contributed by atoms with Gasteiger partial charge >= 0.3 is 0 Å². The third kappa shape index (κ3) is 4.47. The molecule has 0 saturated heterocycles. The Morgan fingerprint density at radius 1 is 1.27 bits per heavy atom. The molecule has 0 atom stereocenters. The molecule has 0 aromatic heterocycles. The minimum Gasteiger partial charge on any atom is -0.494 e. The van der Waals surface area contributed by atoms with Crippen LogP contribution in [0.5, 0.6) is 5.75 Å². The van der Waals surface area contributed by atoms with Crippen molar-refractivity contribution in [3.63, 3.8) is 0 Å². The van der Waals surface area contributed by atoms with Gasteiger partial charge in [0.2, 0.25) is 0 Å². The number of hydrogen-bond donors (Lipinski definition) is 1. The fourth-order valence-corrected chi connectivity index (χ4v) is 2.33. The summed E-state index contributed by atoms with van der Waals surface area (Å²) in [6.45, 7) is 9.19. The van der Waals surface area contributed by atoms with Crippen LogP contribution in [0.2, 0.25) is 0 Å². The second-order valence-electron chi connectivity index (χ2n) is 4.39. The Labute approximate surface area is 96.2 Å². The number of thioether (sulfide) groups is 1. The molecule has 1 aromatic rings. The van der Waals surface area contributed by atoms with E-state index in [2.05, 4.69) is 20.8 Å². The van der Waals surface area contributed by atoms with Gasteiger partial charge in [-0.15, -0.1) is 11.8 Å². The summed E-state index contributed by atoms with van der Waals surface area (Å²) in [5.41, 5.74) is 6.57. The maximum Gasteiger partial charge on any atom is 0.122 e. The van der Waals surface area contributed by atoms with Crippen molar-refractivity contribution in [2.24, 2.45) is 0 Å². The third-order valence-electron chi connectivity index (χ3n) is 1.64. The van der Waals surface area contributed by atoms with Gasteiger partial charge in [0.1, 0.15) is 5.75 Å². The molecular formula is C12H19NOS. The average Bonchev–Trinajstić information content (AvgIpc) is 1.99. The molecule has 2 N–H and O–H groups in total. The molecule has 0 bridgehead atoms. The van der Waals surface area contributed by atoms with E-state index in [0.29, 0.717) is 6.61 Å². The molecule has 0 unspecified atom stereocenters. The molecule has 0 saturated carbocycles. The highest BCUT2D eigenvalue weighted by Crippen LogP contribution is 2.35. The second kappa shape index (κ2) is 4.79. The van der Waals surface area contributed by atoms with Gasteiger partial charge in [0.05, 0.1) is 6.61 Å². The van der Waals surface area contributed by atoms with Crippen LogP contribution in [-0.2, 0) is 0 Å². The molecule has 15 heavy (non-hydrogen) atoms. The van der Waals surface area contributed by atoms with Gasteiger partial charge in [-0.1, -0.05) is 20.8 Å². The zero-order valence-corrected chi connectivity index (χ0v) is 10.6. The number of benzene rings is 1. The average molecular weight is 225 g/mol. The minimum absolute atomic E-state index is 0.192. The van der Waals surface area contributed by atoms with E-state index in [4.69, 9.17) is 10.5 Å². The van der Waals surface area contributed by atoms with Gasteiger partial charge in [-0.05, 0) is 19.1 Å². The monoisotopic (exact) mass is 225 g/mol. The van der Waals surface area contributed by atoms with E-state index in [1.54, 1.807) is 11.8 Å². The van der Waals surface area contributed by atoms with Crippen LogP contribution in [-0.4, -0.2) is 11.4 Å². The Kier molecular flexibility index (Phi) is 3.91. The van der Waals surface area contributed by atoms with Gasteiger partial charge in [0, 0.05) is 21.4 Å². The molecule has 0 spiro atoms. The third-order valence-corrected chi connectivity index (χ3v) is 2.72. The minimum atomic E-state index is 0.192. The predicted molar refractivity (Wildman–Crippen MR) is 67.6 cm³/mol. The van der Waals surface area contributed by atoms with Gasteiger partial charge in [-0.25, -0.2) is 0 Å². The Bertz CT molecular complexity index is 331. The maximum absolute atomic E-state index is 5.82. The Morgan fingerprint density at radius 2 is 1.93 bits per heavy atom. The number of hydrogen-bond acceptors (Lipinski definition) is 3. The number of ether oxygens (including phenoxy) is 1. The largest absolute Gasteiger partial charge is 0.494 e. The number of anilines is 1. The summed E-state index contributed by atoms with van der Waals surface area (Å²) in [4.78, 5) is 1.16. The number of nitrogens with two attached hydrogens (primary N) is 1. The summed E-state index contributed by atoms with van der Waals surface area (Å²) in [6, 6.07) is 5.88. The number of nitrogen functional groups attached to an aromatic ring is 1. The summed E-state index contributed by atoms with van der Waals surface area (Å²) in [6.07, 6.45) is 0. The van der Waals surface area contributed by atoms with E-state index >= 15 is 0 Å². The topological polar surface area (TPSA) is 35.2 Å². The van der Waals surface area contributed by atoms with E-state index in [9.17, 15) is 0 Å². The molecule has 2 nitrogen and oxygen atoms in total. The summed E-state index contributed by atoms with van der Waals surface area (Å²) in [5.74, 6) is 0.851. The highest BCUT2D eigenvalue weighted by atomic mass is 32.2. The lowest BCUT2D eigenvalue weighted by atomic mass is 10.3. The van der Waals surface area contributed by atoms with E-state index in [-0.39, 0.29) is 4.75 Å². The predicted octanol–water partition coefficient (Wildman–Crippen LogP) is 3.56. The first kappa shape index (κ1) is 12.2. The lowest BCUT2D eigenvalue weighted by Crippen LogP contribution is -2.06. The normalized spacial score (nSPS) is 11.5. The SMILES string of the molecule is CCOc1cc(N)cc(SC(C)(C)C)c1. The summed E-state index contributed by atoms with van der Waals surface area (Å²) in [5, 5.41) is 0. The molecule has 3 heteroatoms. The van der Waals surface area contributed by atoms with Gasteiger partial charge in [-0.3, -0.25) is 0 Å². The van der Waals surface area contributed by atoms with Crippen LogP contribution in [0.1, 0.15) is 27.7 Å². The maximum atomic E-state index is 5.82. The Balaban J connectivity index is 2.88. The molecular weight excluding hydrogens is 206 g/mol. The molecule has 0 aliphatic heterocycles. The molecule has 0 amide bonds. The van der Waals surface area contributed by atoms with E-state index in [0.717, 1.165) is 16.3 Å². The standard InChI is InChI=1S/C12H19NOS/c1-5-14-10-6-9(13)7-11(8-10)15-12(2,3)4/h6-8H,5,13H2,1-4H3. The first-order valence-corrected chi connectivity index (χ1v) is 5.95. The van der Waals surface area contributed by atoms with Crippen molar-refractivity contribution in [3.05, 3.63) is 18.2 Å². The fourth-order valence-electron chi connectivity index (χ4n) is 1.26. The van der Waals surface area contributed by atoms with Crippen molar-refractivity contribution in [2.45, 2.75) is 37.3 Å². The lowest BCUT2D eigenvalue weighted by Gasteiger charge is -2.18. The van der Waals surface area contributed by atoms with Crippen molar-refractivity contribution in [1.29, 1.82) is 0 Å². The van der Waals surface area contributed by atoms with Crippen molar-refractivity contribution < 1.29 is 4.74 Å². The Hall–Kier alpha value is -0.830. The lowest BCUT2D eigenvalue weighted by molar-refractivity contribution is 0.339. The van der Waals surface area contributed by atoms with Crippen LogP contribution < -0.4 is 10.5 Å². The van der Waals surface area contributed by atoms with Crippen molar-refractivity contribution in [1.82, 2.24) is 0 Å². The summed E-state index contributed by atoms with van der Waals surface area (Å²) < 4.78 is 5.64. The fraction of sp³-hybridized carbons (Fsp3) is 0.500. The van der Waals surface area contributed by atoms with Crippen LogP contribution in [0.4, 0.5) is 5.69 Å². The van der Waals surface area contributed by atoms with Crippen LogP contribution in [0.25, 0.3) is 0 Å². The smallest absolute Gasteiger partial charge is 0.122 e. The van der Waals surface area contributed by atoms with Gasteiger partial charge < -0.3 is 10.5 Å². The molecule has 0 fully saturated rings. The molecule has 1 aromatic carbocycles. The molecule has 0 aliphatic rings. The second-order valence-corrected chi connectivity index (χ2v) is 6.29. The molecule has 84 valence electrons. The zero-order chi connectivity index (χ0) is 11.5. The van der Waals surface area contributed by atoms with Crippen LogP contribution in [0, 0.1) is 0 Å². The Morgan fingerprint density at radius 3 is 2.47 bits per heavy atom. The molecule has 0 aliphatic carbocycles. The number of rotatable bonds is 3. The highest BCUT2D eigenvalue weighted by molar-refractivity contribution is 8.00. The van der Waals surface area contributed by atoms with Gasteiger partial charge in [0.25, 0.3) is 0 Å². The first-order chi connectivity index (χ1) is 6.90. The quantitative estimate of drug-likeness (QED) is 0.631. The van der Waals surface area contributed by atoms with Crippen molar-refractivity contribution in [3.8, 4) is 5.75 Å². The van der Waals surface area contributed by atoms with Gasteiger partial charge in [0.15, 0.2) is 0 Å². The van der Waals surface area contributed by atoms with Crippen molar-refractivity contribution >= 4 is 17.4 Å². The van der Waals surface area contributed by atoms with Gasteiger partial charge in [-0.2, -0.15) is 0 Å². The molecule has 1 rings (SSSR count). The molecule has 0 radical (unpaired) electrons. The van der Waals surface area contributed by atoms with Crippen LogP contribution in [0.15, 0.2) is 23.1 Å².